The highest BCUT2D eigenvalue weighted by Gasteiger charge is 2.05. The van der Waals surface area contributed by atoms with Crippen molar-refractivity contribution in [3.05, 3.63) is 69.6 Å². The zero-order valence-electron chi connectivity index (χ0n) is 14.4. The maximum Gasteiger partial charge on any atom is 0.250 e. The minimum Gasteiger partial charge on any atom is -0.447 e. The summed E-state index contributed by atoms with van der Waals surface area (Å²) in [4.78, 5) is 29.8. The molecule has 0 aliphatic heterocycles. The molecule has 0 saturated heterocycles. The number of H-pyrrole nitrogens is 2. The van der Waals surface area contributed by atoms with Crippen LogP contribution < -0.4 is 16.8 Å². The van der Waals surface area contributed by atoms with Gasteiger partial charge in [-0.3, -0.25) is 9.79 Å². The van der Waals surface area contributed by atoms with Gasteiger partial charge in [-0.15, -0.1) is 0 Å². The van der Waals surface area contributed by atoms with E-state index in [0.717, 1.165) is 28.5 Å². The van der Waals surface area contributed by atoms with Gasteiger partial charge in [-0.25, -0.2) is 9.97 Å². The zero-order valence-corrected chi connectivity index (χ0v) is 15.2. The highest BCUT2D eigenvalue weighted by atomic mass is 32.2. The third-order valence-electron chi connectivity index (χ3n) is 3.73. The Kier molecular flexibility index (Phi) is 5.90. The molecule has 0 aliphatic rings. The van der Waals surface area contributed by atoms with E-state index in [4.69, 9.17) is 10.2 Å². The Morgan fingerprint density at radius 2 is 2.27 bits per heavy atom. The average Bonchev–Trinajstić information content (AvgIpc) is 3.02. The summed E-state index contributed by atoms with van der Waals surface area (Å²) in [5, 5.41) is 0. The first kappa shape index (κ1) is 18.0. The Labute approximate surface area is 154 Å². The van der Waals surface area contributed by atoms with Crippen molar-refractivity contribution in [2.24, 2.45) is 4.99 Å². The van der Waals surface area contributed by atoms with E-state index in [2.05, 4.69) is 24.9 Å². The van der Waals surface area contributed by atoms with Gasteiger partial charge in [-0.1, -0.05) is 0 Å². The Bertz CT molecular complexity index is 991. The minimum absolute atomic E-state index is 0.195. The van der Waals surface area contributed by atoms with E-state index in [9.17, 15) is 4.79 Å². The van der Waals surface area contributed by atoms with Gasteiger partial charge in [0.05, 0.1) is 24.8 Å². The van der Waals surface area contributed by atoms with Crippen LogP contribution in [0.4, 0.5) is 5.69 Å². The molecule has 3 rings (SSSR count). The fourth-order valence-corrected chi connectivity index (χ4v) is 3.14. The number of nitrogens with zero attached hydrogens (tertiary/aromatic N) is 3. The third kappa shape index (κ3) is 4.85. The van der Waals surface area contributed by atoms with E-state index < -0.39 is 0 Å². The first-order valence-electron chi connectivity index (χ1n) is 8.10. The number of aryl methyl sites for hydroxylation is 1. The van der Waals surface area contributed by atoms with Crippen LogP contribution in [-0.4, -0.2) is 32.2 Å². The summed E-state index contributed by atoms with van der Waals surface area (Å²) >= 11 is 1.76. The molecule has 0 aromatic carbocycles. The molecule has 9 heteroatoms. The normalized spacial score (nSPS) is 11.8. The van der Waals surface area contributed by atoms with Crippen molar-refractivity contribution in [3.8, 4) is 0 Å². The maximum absolute atomic E-state index is 11.3. The second-order valence-electron chi connectivity index (χ2n) is 5.66. The van der Waals surface area contributed by atoms with Gasteiger partial charge in [0.1, 0.15) is 5.82 Å². The first-order valence-corrected chi connectivity index (χ1v) is 9.26. The van der Waals surface area contributed by atoms with Gasteiger partial charge in [0, 0.05) is 53.2 Å². The van der Waals surface area contributed by atoms with Crippen LogP contribution in [0.25, 0.3) is 0 Å². The summed E-state index contributed by atoms with van der Waals surface area (Å²) in [5.41, 5.74) is 9.83. The van der Waals surface area contributed by atoms with Gasteiger partial charge in [0.25, 0.3) is 5.56 Å². The van der Waals surface area contributed by atoms with Crippen molar-refractivity contribution in [3.63, 3.8) is 0 Å². The van der Waals surface area contributed by atoms with Crippen LogP contribution >= 0.6 is 11.8 Å². The lowest BCUT2D eigenvalue weighted by Crippen LogP contribution is -2.11. The SMILES string of the molecule is Cc1[nH]cnc1CSCCN=c1cc(N)c(Cc2nccc(=O)[nH]2)co1. The smallest absolute Gasteiger partial charge is 0.250 e. The Balaban J connectivity index is 1.55. The van der Waals surface area contributed by atoms with Crippen LogP contribution in [0.2, 0.25) is 0 Å². The predicted octanol–water partition coefficient (Wildman–Crippen LogP) is 1.40. The topological polar surface area (TPSA) is 126 Å². The van der Waals surface area contributed by atoms with Gasteiger partial charge in [0.15, 0.2) is 0 Å². The molecule has 3 aromatic heterocycles. The number of hydrogen-bond donors (Lipinski definition) is 3. The van der Waals surface area contributed by atoms with E-state index in [1.807, 2.05) is 6.92 Å². The van der Waals surface area contributed by atoms with Gasteiger partial charge in [0.2, 0.25) is 5.55 Å². The fourth-order valence-electron chi connectivity index (χ4n) is 2.29. The van der Waals surface area contributed by atoms with Crippen molar-refractivity contribution in [2.45, 2.75) is 19.1 Å². The minimum atomic E-state index is -0.195. The van der Waals surface area contributed by atoms with Crippen LogP contribution in [-0.2, 0) is 12.2 Å². The molecule has 0 amide bonds. The number of nitrogen functional groups attached to an aromatic ring is 1. The lowest BCUT2D eigenvalue weighted by Gasteiger charge is -2.04. The second-order valence-corrected chi connectivity index (χ2v) is 6.77. The number of aromatic amines is 2. The summed E-state index contributed by atoms with van der Waals surface area (Å²) in [6.07, 6.45) is 5.12. The summed E-state index contributed by atoms with van der Waals surface area (Å²) in [7, 11) is 0. The molecule has 26 heavy (non-hydrogen) atoms. The van der Waals surface area contributed by atoms with Crippen LogP contribution in [0, 0.1) is 6.92 Å². The first-order chi connectivity index (χ1) is 12.6. The lowest BCUT2D eigenvalue weighted by atomic mass is 10.2. The number of thioether (sulfide) groups is 1. The summed E-state index contributed by atoms with van der Waals surface area (Å²) in [6.45, 7) is 2.64. The molecule has 3 aromatic rings. The largest absolute Gasteiger partial charge is 0.447 e. The molecule has 0 fully saturated rings. The highest BCUT2D eigenvalue weighted by molar-refractivity contribution is 7.98. The van der Waals surface area contributed by atoms with Crippen LogP contribution in [0.3, 0.4) is 0 Å². The molecule has 0 saturated carbocycles. The Hall–Kier alpha value is -2.81. The molecular weight excluding hydrogens is 352 g/mol. The summed E-state index contributed by atoms with van der Waals surface area (Å²) in [5.74, 6) is 2.25. The zero-order chi connectivity index (χ0) is 18.4. The average molecular weight is 372 g/mol. The van der Waals surface area contributed by atoms with Gasteiger partial charge in [-0.2, -0.15) is 11.8 Å². The summed E-state index contributed by atoms with van der Waals surface area (Å²) in [6, 6.07) is 3.06. The molecule has 136 valence electrons. The van der Waals surface area contributed by atoms with E-state index in [1.165, 1.54) is 12.3 Å². The molecule has 8 nitrogen and oxygen atoms in total. The molecule has 0 spiro atoms. The monoisotopic (exact) mass is 372 g/mol. The second kappa shape index (κ2) is 8.52. The molecule has 0 aliphatic carbocycles. The number of nitrogens with one attached hydrogen (secondary N) is 2. The molecule has 0 bridgehead atoms. The molecule has 3 heterocycles. The number of anilines is 1. The van der Waals surface area contributed by atoms with Crippen LogP contribution in [0.15, 0.2) is 45.1 Å². The molecular formula is C17H20N6O2S. The van der Waals surface area contributed by atoms with E-state index in [1.54, 1.807) is 30.4 Å². The Morgan fingerprint density at radius 3 is 3.00 bits per heavy atom. The number of rotatable bonds is 7. The lowest BCUT2D eigenvalue weighted by molar-refractivity contribution is 0.486. The van der Waals surface area contributed by atoms with E-state index in [0.29, 0.717) is 30.0 Å². The van der Waals surface area contributed by atoms with Crippen molar-refractivity contribution in [1.82, 2.24) is 19.9 Å². The standard InChI is InChI=1S/C17H20N6O2S/c1-11-14(22-10-21-11)9-26-5-4-20-17-7-13(18)12(8-25-17)6-15-19-3-2-16(24)23-15/h2-3,7-8,10H,4-6,9,18H2,1H3,(H,21,22)(H,19,23,24). The molecule has 0 radical (unpaired) electrons. The van der Waals surface area contributed by atoms with Crippen molar-refractivity contribution in [1.29, 1.82) is 0 Å². The van der Waals surface area contributed by atoms with Gasteiger partial charge >= 0.3 is 0 Å². The van der Waals surface area contributed by atoms with Crippen LogP contribution in [0.5, 0.6) is 0 Å². The predicted molar refractivity (Wildman–Crippen MR) is 101 cm³/mol. The molecule has 0 unspecified atom stereocenters. The Morgan fingerprint density at radius 1 is 1.38 bits per heavy atom. The quantitative estimate of drug-likeness (QED) is 0.538. The molecule has 4 N–H and O–H groups in total. The highest BCUT2D eigenvalue weighted by Crippen LogP contribution is 2.13. The van der Waals surface area contributed by atoms with E-state index >= 15 is 0 Å². The van der Waals surface area contributed by atoms with Gasteiger partial charge < -0.3 is 20.1 Å². The van der Waals surface area contributed by atoms with Crippen LogP contribution in [0.1, 0.15) is 22.8 Å². The third-order valence-corrected chi connectivity index (χ3v) is 4.68. The van der Waals surface area contributed by atoms with Crippen molar-refractivity contribution >= 4 is 17.4 Å². The van der Waals surface area contributed by atoms with Gasteiger partial charge in [-0.05, 0) is 6.92 Å². The summed E-state index contributed by atoms with van der Waals surface area (Å²) < 4.78 is 5.52. The maximum atomic E-state index is 11.3. The van der Waals surface area contributed by atoms with Crippen molar-refractivity contribution < 1.29 is 4.42 Å². The number of nitrogens with two attached hydrogens (primary N) is 1. The number of hydrogen-bond acceptors (Lipinski definition) is 7. The fraction of sp³-hybridized carbons (Fsp3) is 0.294. The van der Waals surface area contributed by atoms with E-state index in [-0.39, 0.29) is 5.56 Å². The number of imidazole rings is 1. The molecule has 0 atom stereocenters. The van der Waals surface area contributed by atoms with Crippen molar-refractivity contribution in [2.75, 3.05) is 18.0 Å². The number of aromatic nitrogens is 4.